The normalized spacial score (nSPS) is 23.1. The molecule has 2 atom stereocenters. The van der Waals surface area contributed by atoms with Gasteiger partial charge in [-0.3, -0.25) is 4.98 Å². The second-order valence-corrected chi connectivity index (χ2v) is 5.55. The zero-order valence-electron chi connectivity index (χ0n) is 11.5. The maximum atomic E-state index is 10.9. The fourth-order valence-electron chi connectivity index (χ4n) is 3.43. The Balaban J connectivity index is 2.09. The van der Waals surface area contributed by atoms with Gasteiger partial charge in [0.25, 0.3) is 0 Å². The molecule has 0 aliphatic heterocycles. The molecule has 1 aromatic carbocycles. The molecule has 3 nitrogen and oxygen atoms in total. The molecule has 1 heterocycles. The van der Waals surface area contributed by atoms with Gasteiger partial charge in [0.15, 0.2) is 0 Å². The second kappa shape index (κ2) is 5.35. The van der Waals surface area contributed by atoms with Crippen molar-refractivity contribution >= 4 is 0 Å². The molecular weight excluding hydrogens is 248 g/mol. The van der Waals surface area contributed by atoms with Gasteiger partial charge < -0.3 is 10.8 Å². The molecular formula is C17H20N2O. The largest absolute Gasteiger partial charge is 0.387 e. The number of hydrogen-bond acceptors (Lipinski definition) is 3. The molecule has 1 aromatic heterocycles. The number of aryl methyl sites for hydroxylation is 1. The van der Waals surface area contributed by atoms with Crippen LogP contribution in [0.2, 0.25) is 0 Å². The van der Waals surface area contributed by atoms with Gasteiger partial charge in [0, 0.05) is 24.4 Å². The van der Waals surface area contributed by atoms with Crippen LogP contribution in [-0.4, -0.2) is 16.6 Å². The second-order valence-electron chi connectivity index (χ2n) is 5.55. The number of aromatic nitrogens is 1. The average Bonchev–Trinajstić information content (AvgIpc) is 2.54. The van der Waals surface area contributed by atoms with Crippen molar-refractivity contribution in [2.75, 3.05) is 6.54 Å². The van der Waals surface area contributed by atoms with E-state index in [1.165, 1.54) is 11.1 Å². The predicted octanol–water partition coefficient (Wildman–Crippen LogP) is 2.35. The molecule has 3 heteroatoms. The van der Waals surface area contributed by atoms with Gasteiger partial charge in [-0.1, -0.05) is 24.3 Å². The maximum Gasteiger partial charge on any atom is 0.0899 e. The van der Waals surface area contributed by atoms with Crippen LogP contribution in [0.1, 0.15) is 35.6 Å². The zero-order valence-corrected chi connectivity index (χ0v) is 11.5. The molecule has 0 spiro atoms. The Bertz CT molecular complexity index is 585. The van der Waals surface area contributed by atoms with Crippen molar-refractivity contribution in [3.63, 3.8) is 0 Å². The summed E-state index contributed by atoms with van der Waals surface area (Å²) in [5.41, 5.74) is 9.15. The Morgan fingerprint density at radius 2 is 1.95 bits per heavy atom. The lowest BCUT2D eigenvalue weighted by molar-refractivity contribution is 0.0717. The van der Waals surface area contributed by atoms with Crippen molar-refractivity contribution in [3.8, 4) is 0 Å². The fraction of sp³-hybridized carbons (Fsp3) is 0.353. The maximum absolute atomic E-state index is 10.9. The molecule has 0 bridgehead atoms. The molecule has 3 N–H and O–H groups in total. The summed E-state index contributed by atoms with van der Waals surface area (Å²) >= 11 is 0. The summed E-state index contributed by atoms with van der Waals surface area (Å²) in [7, 11) is 0. The number of pyridine rings is 1. The number of aliphatic hydroxyl groups is 1. The van der Waals surface area contributed by atoms with Gasteiger partial charge in [-0.25, -0.2) is 0 Å². The summed E-state index contributed by atoms with van der Waals surface area (Å²) < 4.78 is 0. The molecule has 0 saturated carbocycles. The van der Waals surface area contributed by atoms with E-state index < -0.39 is 6.10 Å². The summed E-state index contributed by atoms with van der Waals surface area (Å²) in [4.78, 5) is 4.02. The highest BCUT2D eigenvalue weighted by atomic mass is 16.3. The first kappa shape index (κ1) is 13.3. The highest BCUT2D eigenvalue weighted by Crippen LogP contribution is 2.45. The van der Waals surface area contributed by atoms with Crippen molar-refractivity contribution in [3.05, 3.63) is 65.5 Å². The van der Waals surface area contributed by atoms with E-state index in [0.717, 1.165) is 24.8 Å². The quantitative estimate of drug-likeness (QED) is 0.898. The lowest BCUT2D eigenvalue weighted by Crippen LogP contribution is -2.43. The van der Waals surface area contributed by atoms with E-state index >= 15 is 0 Å². The van der Waals surface area contributed by atoms with E-state index in [9.17, 15) is 5.11 Å². The third-order valence-corrected chi connectivity index (χ3v) is 4.53. The van der Waals surface area contributed by atoms with Crippen LogP contribution in [0.3, 0.4) is 0 Å². The number of nitrogens with zero attached hydrogens (tertiary/aromatic N) is 1. The number of hydrogen-bond donors (Lipinski definition) is 2. The van der Waals surface area contributed by atoms with Crippen LogP contribution in [0.25, 0.3) is 0 Å². The highest BCUT2D eigenvalue weighted by molar-refractivity contribution is 5.40. The Morgan fingerprint density at radius 3 is 2.70 bits per heavy atom. The Kier molecular flexibility index (Phi) is 3.55. The molecule has 0 saturated heterocycles. The topological polar surface area (TPSA) is 59.1 Å². The monoisotopic (exact) mass is 268 g/mol. The SMILES string of the molecule is NCC1(C(O)c2ccncc2)CCCc2ccccc21. The minimum atomic E-state index is -0.586. The molecule has 2 aromatic rings. The number of nitrogens with two attached hydrogens (primary N) is 1. The van der Waals surface area contributed by atoms with Gasteiger partial charge in [-0.05, 0) is 48.1 Å². The third-order valence-electron chi connectivity index (χ3n) is 4.53. The van der Waals surface area contributed by atoms with Crippen molar-refractivity contribution in [1.29, 1.82) is 0 Å². The molecule has 0 amide bonds. The van der Waals surface area contributed by atoms with Crippen molar-refractivity contribution in [2.24, 2.45) is 5.73 Å². The summed E-state index contributed by atoms with van der Waals surface area (Å²) in [6.07, 6.45) is 5.91. The highest BCUT2D eigenvalue weighted by Gasteiger charge is 2.42. The molecule has 1 aliphatic rings. The van der Waals surface area contributed by atoms with Gasteiger partial charge in [-0.2, -0.15) is 0 Å². The van der Waals surface area contributed by atoms with Crippen LogP contribution >= 0.6 is 0 Å². The summed E-state index contributed by atoms with van der Waals surface area (Å²) in [5.74, 6) is 0. The van der Waals surface area contributed by atoms with Crippen LogP contribution in [0, 0.1) is 0 Å². The zero-order chi connectivity index (χ0) is 14.0. The Labute approximate surface area is 119 Å². The fourth-order valence-corrected chi connectivity index (χ4v) is 3.43. The first-order valence-electron chi connectivity index (χ1n) is 7.14. The molecule has 3 rings (SSSR count). The summed E-state index contributed by atoms with van der Waals surface area (Å²) in [6.45, 7) is 0.452. The van der Waals surface area contributed by atoms with Gasteiger partial charge >= 0.3 is 0 Å². The molecule has 104 valence electrons. The molecule has 2 unspecified atom stereocenters. The Hall–Kier alpha value is -1.71. The molecule has 0 radical (unpaired) electrons. The van der Waals surface area contributed by atoms with Crippen LogP contribution in [0.4, 0.5) is 0 Å². The van der Waals surface area contributed by atoms with Crippen molar-refractivity contribution in [1.82, 2.24) is 4.98 Å². The van der Waals surface area contributed by atoms with Gasteiger partial charge in [-0.15, -0.1) is 0 Å². The Morgan fingerprint density at radius 1 is 1.20 bits per heavy atom. The van der Waals surface area contributed by atoms with Crippen molar-refractivity contribution < 1.29 is 5.11 Å². The number of rotatable bonds is 3. The molecule has 0 fully saturated rings. The number of benzene rings is 1. The van der Waals surface area contributed by atoms with Crippen LogP contribution < -0.4 is 5.73 Å². The first-order valence-corrected chi connectivity index (χ1v) is 7.14. The lowest BCUT2D eigenvalue weighted by atomic mass is 9.65. The van der Waals surface area contributed by atoms with Crippen LogP contribution in [0.15, 0.2) is 48.8 Å². The van der Waals surface area contributed by atoms with E-state index in [-0.39, 0.29) is 5.41 Å². The lowest BCUT2D eigenvalue weighted by Gasteiger charge is -2.42. The van der Waals surface area contributed by atoms with E-state index in [0.29, 0.717) is 6.54 Å². The minimum absolute atomic E-state index is 0.379. The summed E-state index contributed by atoms with van der Waals surface area (Å²) in [5, 5.41) is 10.9. The van der Waals surface area contributed by atoms with Gasteiger partial charge in [0.2, 0.25) is 0 Å². The third kappa shape index (κ3) is 2.03. The van der Waals surface area contributed by atoms with Crippen LogP contribution in [0.5, 0.6) is 0 Å². The van der Waals surface area contributed by atoms with E-state index in [1.54, 1.807) is 12.4 Å². The molecule has 20 heavy (non-hydrogen) atoms. The standard InChI is InChI=1S/C17H20N2O/c18-12-17(16(20)14-7-10-19-11-8-14)9-3-5-13-4-1-2-6-15(13)17/h1-2,4,6-8,10-11,16,20H,3,5,9,12,18H2. The van der Waals surface area contributed by atoms with Crippen molar-refractivity contribution in [2.45, 2.75) is 30.8 Å². The average molecular weight is 268 g/mol. The molecule has 1 aliphatic carbocycles. The van der Waals surface area contributed by atoms with E-state index in [4.69, 9.17) is 5.73 Å². The smallest absolute Gasteiger partial charge is 0.0899 e. The van der Waals surface area contributed by atoms with E-state index in [1.807, 2.05) is 18.2 Å². The predicted molar refractivity (Wildman–Crippen MR) is 79.3 cm³/mol. The van der Waals surface area contributed by atoms with E-state index in [2.05, 4.69) is 23.2 Å². The number of aliphatic hydroxyl groups excluding tert-OH is 1. The van der Waals surface area contributed by atoms with Gasteiger partial charge in [0.1, 0.15) is 0 Å². The summed E-state index contributed by atoms with van der Waals surface area (Å²) in [6, 6.07) is 12.1. The minimum Gasteiger partial charge on any atom is -0.387 e. The van der Waals surface area contributed by atoms with Crippen LogP contribution in [-0.2, 0) is 11.8 Å². The first-order chi connectivity index (χ1) is 9.78. The number of fused-ring (bicyclic) bond motifs is 1. The van der Waals surface area contributed by atoms with Gasteiger partial charge in [0.05, 0.1) is 6.10 Å².